The van der Waals surface area contributed by atoms with Gasteiger partial charge in [0.25, 0.3) is 5.91 Å². The normalized spacial score (nSPS) is 11.9. The Bertz CT molecular complexity index is 1080. The van der Waals surface area contributed by atoms with Crippen molar-refractivity contribution in [2.75, 3.05) is 23.8 Å². The lowest BCUT2D eigenvalue weighted by molar-refractivity contribution is 0.0566. The summed E-state index contributed by atoms with van der Waals surface area (Å²) in [6, 6.07) is 17.0. The minimum absolute atomic E-state index is 0.222. The smallest absolute Gasteiger partial charge is 0.397 e. The second-order valence-corrected chi connectivity index (χ2v) is 10.8. The molecule has 0 aliphatic carbocycles. The number of carbonyl (C=O) groups is 1. The number of nitrogens with one attached hydrogen (secondary N) is 1. The highest BCUT2D eigenvalue weighted by Crippen LogP contribution is 2.30. The summed E-state index contributed by atoms with van der Waals surface area (Å²) < 4.78 is 17.2. The SMILES string of the molecule is CC(C)(O)CCO[P+](=O)CCCc1ccc(C(=O)Nc2cc(-c3cccs3)ccc2N)cc1. The zero-order valence-electron chi connectivity index (χ0n) is 18.9. The second-order valence-electron chi connectivity index (χ2n) is 8.49. The summed E-state index contributed by atoms with van der Waals surface area (Å²) in [4.78, 5) is 13.8. The first kappa shape index (κ1) is 25.1. The molecule has 174 valence electrons. The number of rotatable bonds is 11. The number of carbonyl (C=O) groups excluding carboxylic acids is 1. The standard InChI is InChI=1S/C25H29N2O4PS/c1-25(2,29)13-14-31-32(30)15-3-5-18-7-9-19(10-8-18)24(28)27-22-17-20(11-12-21(22)26)23-6-4-16-33-23/h4,6-12,16-17,29H,3,5,13-15,26H2,1-2H3/p+1. The van der Waals surface area contributed by atoms with E-state index < -0.39 is 13.6 Å². The molecule has 1 atom stereocenters. The summed E-state index contributed by atoms with van der Waals surface area (Å²) in [6.45, 7) is 3.68. The maximum atomic E-state index is 12.7. The maximum Gasteiger partial charge on any atom is 0.508 e. The molecule has 0 saturated carbocycles. The van der Waals surface area contributed by atoms with Crippen LogP contribution in [0.15, 0.2) is 60.0 Å². The predicted octanol–water partition coefficient (Wildman–Crippen LogP) is 6.10. The molecule has 1 aromatic heterocycles. The molecule has 1 heterocycles. The van der Waals surface area contributed by atoms with Crippen LogP contribution in [0.1, 0.15) is 42.6 Å². The summed E-state index contributed by atoms with van der Waals surface area (Å²) in [7, 11) is -1.73. The number of thiophene rings is 1. The van der Waals surface area contributed by atoms with Crippen molar-refractivity contribution in [3.8, 4) is 10.4 Å². The Balaban J connectivity index is 1.49. The van der Waals surface area contributed by atoms with E-state index in [4.69, 9.17) is 10.3 Å². The van der Waals surface area contributed by atoms with Crippen LogP contribution in [0.25, 0.3) is 10.4 Å². The van der Waals surface area contributed by atoms with Gasteiger partial charge in [0.05, 0.1) is 17.0 Å². The van der Waals surface area contributed by atoms with Crippen molar-refractivity contribution in [1.29, 1.82) is 0 Å². The van der Waals surface area contributed by atoms with Gasteiger partial charge in [0, 0.05) is 16.9 Å². The van der Waals surface area contributed by atoms with Crippen molar-refractivity contribution in [3.05, 3.63) is 71.1 Å². The van der Waals surface area contributed by atoms with Gasteiger partial charge in [-0.2, -0.15) is 0 Å². The van der Waals surface area contributed by atoms with E-state index >= 15 is 0 Å². The van der Waals surface area contributed by atoms with Crippen molar-refractivity contribution in [2.24, 2.45) is 0 Å². The van der Waals surface area contributed by atoms with E-state index in [9.17, 15) is 14.5 Å². The van der Waals surface area contributed by atoms with Gasteiger partial charge in [-0.25, -0.2) is 0 Å². The molecule has 4 N–H and O–H groups in total. The van der Waals surface area contributed by atoms with Gasteiger partial charge >= 0.3 is 8.03 Å². The highest BCUT2D eigenvalue weighted by atomic mass is 32.1. The summed E-state index contributed by atoms with van der Waals surface area (Å²) in [6.07, 6.45) is 2.37. The lowest BCUT2D eigenvalue weighted by Gasteiger charge is -2.13. The molecule has 0 radical (unpaired) electrons. The van der Waals surface area contributed by atoms with Crippen molar-refractivity contribution in [3.63, 3.8) is 0 Å². The van der Waals surface area contributed by atoms with Crippen LogP contribution in [0.4, 0.5) is 11.4 Å². The summed E-state index contributed by atoms with van der Waals surface area (Å²) >= 11 is 1.63. The van der Waals surface area contributed by atoms with Crippen molar-refractivity contribution >= 4 is 36.6 Å². The number of amides is 1. The van der Waals surface area contributed by atoms with Crippen LogP contribution in [0, 0.1) is 0 Å². The van der Waals surface area contributed by atoms with Gasteiger partial charge < -0.3 is 16.2 Å². The van der Waals surface area contributed by atoms with Gasteiger partial charge in [0.15, 0.2) is 6.16 Å². The van der Waals surface area contributed by atoms with Gasteiger partial charge in [0.1, 0.15) is 6.61 Å². The lowest BCUT2D eigenvalue weighted by atomic mass is 10.1. The third-order valence-corrected chi connectivity index (χ3v) is 7.15. The molecule has 2 aromatic carbocycles. The largest absolute Gasteiger partial charge is 0.508 e. The Morgan fingerprint density at radius 1 is 1.18 bits per heavy atom. The molecule has 0 aliphatic heterocycles. The highest BCUT2D eigenvalue weighted by molar-refractivity contribution is 7.39. The third-order valence-electron chi connectivity index (χ3n) is 5.08. The molecule has 0 spiro atoms. The topological polar surface area (TPSA) is 102 Å². The molecule has 0 saturated heterocycles. The Kier molecular flexibility index (Phi) is 8.75. The van der Waals surface area contributed by atoms with Gasteiger partial charge in [0.2, 0.25) is 0 Å². The number of aliphatic hydroxyl groups is 1. The van der Waals surface area contributed by atoms with Crippen LogP contribution < -0.4 is 11.1 Å². The zero-order valence-corrected chi connectivity index (χ0v) is 20.6. The number of benzene rings is 2. The molecule has 0 fully saturated rings. The summed E-state index contributed by atoms with van der Waals surface area (Å²) in [5.74, 6) is -0.222. The van der Waals surface area contributed by atoms with E-state index in [0.717, 1.165) is 28.8 Å². The van der Waals surface area contributed by atoms with Crippen molar-refractivity contribution < 1.29 is 19.0 Å². The maximum absolute atomic E-state index is 12.7. The Hall–Kier alpha value is -2.57. The van der Waals surface area contributed by atoms with Crippen LogP contribution >= 0.6 is 19.4 Å². The fourth-order valence-electron chi connectivity index (χ4n) is 3.15. The fourth-order valence-corrected chi connectivity index (χ4v) is 4.72. The lowest BCUT2D eigenvalue weighted by Crippen LogP contribution is -2.20. The van der Waals surface area contributed by atoms with E-state index in [1.165, 1.54) is 0 Å². The Morgan fingerprint density at radius 3 is 2.61 bits per heavy atom. The molecule has 1 unspecified atom stereocenters. The molecule has 3 rings (SSSR count). The first-order valence-electron chi connectivity index (χ1n) is 10.8. The van der Waals surface area contributed by atoms with Crippen LogP contribution in [0.2, 0.25) is 0 Å². The van der Waals surface area contributed by atoms with Gasteiger partial charge in [-0.3, -0.25) is 4.79 Å². The average molecular weight is 486 g/mol. The van der Waals surface area contributed by atoms with Gasteiger partial charge in [-0.15, -0.1) is 15.9 Å². The number of hydrogen-bond acceptors (Lipinski definition) is 6. The first-order valence-corrected chi connectivity index (χ1v) is 13.1. The molecule has 6 nitrogen and oxygen atoms in total. The number of hydrogen-bond donors (Lipinski definition) is 3. The summed E-state index contributed by atoms with van der Waals surface area (Å²) in [5, 5.41) is 14.6. The molecule has 3 aromatic rings. The van der Waals surface area contributed by atoms with Gasteiger partial charge in [-0.05, 0) is 78.1 Å². The number of anilines is 2. The molecular formula is C25H30N2O4PS+. The van der Waals surface area contributed by atoms with E-state index in [2.05, 4.69) is 5.32 Å². The predicted molar refractivity (Wildman–Crippen MR) is 136 cm³/mol. The van der Waals surface area contributed by atoms with E-state index in [1.807, 2.05) is 41.8 Å². The minimum Gasteiger partial charge on any atom is -0.397 e. The number of aryl methyl sites for hydroxylation is 1. The second kappa shape index (κ2) is 11.5. The van der Waals surface area contributed by atoms with E-state index in [1.54, 1.807) is 43.4 Å². The highest BCUT2D eigenvalue weighted by Gasteiger charge is 2.20. The molecule has 0 aliphatic rings. The third kappa shape index (κ3) is 8.06. The number of nitrogen functional groups attached to an aromatic ring is 1. The Labute approximate surface area is 199 Å². The molecular weight excluding hydrogens is 455 g/mol. The minimum atomic E-state index is -1.73. The first-order chi connectivity index (χ1) is 15.7. The molecule has 8 heteroatoms. The van der Waals surface area contributed by atoms with Gasteiger partial charge in [-0.1, -0.05) is 24.3 Å². The van der Waals surface area contributed by atoms with E-state index in [0.29, 0.717) is 29.5 Å². The van der Waals surface area contributed by atoms with Crippen LogP contribution in [0.3, 0.4) is 0 Å². The fraction of sp³-hybridized carbons (Fsp3) is 0.320. The summed E-state index contributed by atoms with van der Waals surface area (Å²) in [5.41, 5.74) is 8.96. The quantitative estimate of drug-likeness (QED) is 0.225. The monoisotopic (exact) mass is 485 g/mol. The Morgan fingerprint density at radius 2 is 1.94 bits per heavy atom. The average Bonchev–Trinajstić information content (AvgIpc) is 3.30. The molecule has 0 bridgehead atoms. The van der Waals surface area contributed by atoms with Crippen LogP contribution in [0.5, 0.6) is 0 Å². The van der Waals surface area contributed by atoms with Crippen molar-refractivity contribution in [1.82, 2.24) is 0 Å². The molecule has 1 amide bonds. The van der Waals surface area contributed by atoms with Crippen LogP contribution in [-0.4, -0.2) is 29.4 Å². The van der Waals surface area contributed by atoms with Crippen molar-refractivity contribution in [2.45, 2.75) is 38.7 Å². The van der Waals surface area contributed by atoms with E-state index in [-0.39, 0.29) is 12.5 Å². The van der Waals surface area contributed by atoms with Crippen LogP contribution in [-0.2, 0) is 15.5 Å². The molecule has 33 heavy (non-hydrogen) atoms. The number of nitrogens with two attached hydrogens (primary N) is 1. The zero-order chi connectivity index (χ0) is 23.8.